The maximum absolute atomic E-state index is 12.9. The fraction of sp³-hybridized carbons (Fsp3) is 1.00. The van der Waals surface area contributed by atoms with Crippen LogP contribution >= 0.6 is 0 Å². The molecule has 1 fully saturated rings. The molecule has 0 aliphatic heterocycles. The predicted octanol–water partition coefficient (Wildman–Crippen LogP) is 2.92. The molecule has 108 valence electrons. The molecule has 0 unspecified atom stereocenters. The van der Waals surface area contributed by atoms with Crippen molar-refractivity contribution in [3.63, 3.8) is 0 Å². The summed E-state index contributed by atoms with van der Waals surface area (Å²) in [6.07, 6.45) is 0.630. The van der Waals surface area contributed by atoms with E-state index in [4.69, 9.17) is 5.73 Å². The lowest BCUT2D eigenvalue weighted by Gasteiger charge is -2.29. The lowest BCUT2D eigenvalue weighted by atomic mass is 9.92. The molecule has 0 saturated heterocycles. The number of halogens is 4. The van der Waals surface area contributed by atoms with E-state index in [0.717, 1.165) is 6.92 Å². The zero-order chi connectivity index (χ0) is 13.8. The van der Waals surface area contributed by atoms with Crippen molar-refractivity contribution in [2.45, 2.75) is 69.4 Å². The van der Waals surface area contributed by atoms with Crippen molar-refractivity contribution in [3.05, 3.63) is 0 Å². The number of nitrogens with one attached hydrogen (secondary N) is 1. The molecule has 1 aliphatic carbocycles. The zero-order valence-electron chi connectivity index (χ0n) is 10.7. The van der Waals surface area contributed by atoms with E-state index in [0.29, 0.717) is 19.4 Å². The van der Waals surface area contributed by atoms with Crippen molar-refractivity contribution in [2.24, 2.45) is 5.73 Å². The van der Waals surface area contributed by atoms with E-state index in [1.165, 1.54) is 0 Å². The lowest BCUT2D eigenvalue weighted by Crippen LogP contribution is -2.43. The summed E-state index contributed by atoms with van der Waals surface area (Å²) in [5.41, 5.74) is 5.71. The molecule has 0 amide bonds. The van der Waals surface area contributed by atoms with Crippen LogP contribution in [0.25, 0.3) is 0 Å². The van der Waals surface area contributed by atoms with Gasteiger partial charge >= 0.3 is 0 Å². The van der Waals surface area contributed by atoms with Crippen LogP contribution in [-0.2, 0) is 0 Å². The van der Waals surface area contributed by atoms with Crippen molar-refractivity contribution >= 4 is 0 Å². The van der Waals surface area contributed by atoms with Gasteiger partial charge in [-0.05, 0) is 26.2 Å². The van der Waals surface area contributed by atoms with Crippen LogP contribution in [0.3, 0.4) is 0 Å². The van der Waals surface area contributed by atoms with Crippen LogP contribution in [0.1, 0.15) is 45.4 Å². The van der Waals surface area contributed by atoms with Gasteiger partial charge in [0, 0.05) is 37.9 Å². The summed E-state index contributed by atoms with van der Waals surface area (Å²) in [5, 5.41) is 3.09. The van der Waals surface area contributed by atoms with Gasteiger partial charge in [0.05, 0.1) is 0 Å². The summed E-state index contributed by atoms with van der Waals surface area (Å²) in [4.78, 5) is 0. The molecule has 0 heterocycles. The Labute approximate surface area is 105 Å². The third-order valence-electron chi connectivity index (χ3n) is 3.34. The van der Waals surface area contributed by atoms with Crippen molar-refractivity contribution in [2.75, 3.05) is 6.54 Å². The molecule has 3 N–H and O–H groups in total. The van der Waals surface area contributed by atoms with Crippen LogP contribution < -0.4 is 11.1 Å². The summed E-state index contributed by atoms with van der Waals surface area (Å²) in [5.74, 6) is -5.23. The fourth-order valence-corrected chi connectivity index (χ4v) is 2.10. The largest absolute Gasteiger partial charge is 0.327 e. The smallest absolute Gasteiger partial charge is 0.248 e. The molecule has 1 aliphatic rings. The van der Waals surface area contributed by atoms with Gasteiger partial charge in [0.25, 0.3) is 0 Å². The second-order valence-electron chi connectivity index (χ2n) is 5.41. The molecule has 0 aromatic heterocycles. The van der Waals surface area contributed by atoms with Gasteiger partial charge in [-0.3, -0.25) is 0 Å². The highest BCUT2D eigenvalue weighted by Crippen LogP contribution is 2.32. The van der Waals surface area contributed by atoms with Gasteiger partial charge in [-0.25, -0.2) is 17.6 Å². The number of hydrogen-bond acceptors (Lipinski definition) is 2. The Balaban J connectivity index is 2.14. The summed E-state index contributed by atoms with van der Waals surface area (Å²) >= 11 is 0. The first kappa shape index (κ1) is 15.7. The van der Waals surface area contributed by atoms with Gasteiger partial charge in [-0.1, -0.05) is 0 Å². The Morgan fingerprint density at radius 3 is 2.39 bits per heavy atom. The van der Waals surface area contributed by atoms with E-state index in [9.17, 15) is 17.6 Å². The van der Waals surface area contributed by atoms with Gasteiger partial charge in [0.2, 0.25) is 11.8 Å². The van der Waals surface area contributed by atoms with E-state index in [1.54, 1.807) is 0 Å². The molecular weight excluding hydrogens is 248 g/mol. The number of nitrogens with two attached hydrogens (primary N) is 1. The Hall–Kier alpha value is -0.360. The van der Waals surface area contributed by atoms with Crippen molar-refractivity contribution < 1.29 is 17.6 Å². The first-order valence-corrected chi connectivity index (χ1v) is 6.43. The van der Waals surface area contributed by atoms with Crippen molar-refractivity contribution in [1.82, 2.24) is 5.32 Å². The summed E-state index contributed by atoms with van der Waals surface area (Å²) < 4.78 is 51.0. The van der Waals surface area contributed by atoms with Gasteiger partial charge in [0.1, 0.15) is 0 Å². The van der Waals surface area contributed by atoms with Crippen molar-refractivity contribution in [3.8, 4) is 0 Å². The highest BCUT2D eigenvalue weighted by molar-refractivity contribution is 4.82. The molecule has 6 heteroatoms. The summed E-state index contributed by atoms with van der Waals surface area (Å²) in [6.45, 7) is 1.28. The number of alkyl halides is 4. The maximum Gasteiger partial charge on any atom is 0.248 e. The van der Waals surface area contributed by atoms with Gasteiger partial charge < -0.3 is 11.1 Å². The third-order valence-corrected chi connectivity index (χ3v) is 3.34. The van der Waals surface area contributed by atoms with Crippen LogP contribution in [0.4, 0.5) is 17.6 Å². The molecule has 0 spiro atoms. The lowest BCUT2D eigenvalue weighted by molar-refractivity contribution is -0.0405. The van der Waals surface area contributed by atoms with E-state index in [-0.39, 0.29) is 37.8 Å². The molecular formula is C12H22F4N2. The van der Waals surface area contributed by atoms with E-state index in [2.05, 4.69) is 5.32 Å². The Morgan fingerprint density at radius 2 is 1.89 bits per heavy atom. The minimum atomic E-state index is -2.69. The SMILES string of the molecule is CC(F)(F)CC[C@@H](N)CNC1CCC(F)(F)CC1. The molecule has 1 atom stereocenters. The first-order valence-electron chi connectivity index (χ1n) is 6.43. The third kappa shape index (κ3) is 6.54. The summed E-state index contributed by atoms with van der Waals surface area (Å²) in [7, 11) is 0. The highest BCUT2D eigenvalue weighted by atomic mass is 19.3. The van der Waals surface area contributed by atoms with E-state index >= 15 is 0 Å². The topological polar surface area (TPSA) is 38.0 Å². The first-order chi connectivity index (χ1) is 8.18. The van der Waals surface area contributed by atoms with Gasteiger partial charge in [0.15, 0.2) is 0 Å². The monoisotopic (exact) mass is 270 g/mol. The van der Waals surface area contributed by atoms with E-state index in [1.807, 2.05) is 0 Å². The standard InChI is InChI=1S/C12H22F4N2/c1-11(13,14)5-2-9(17)8-18-10-3-6-12(15,16)7-4-10/h9-10,18H,2-8,17H2,1H3/t9-/m1/s1. The average molecular weight is 270 g/mol. The van der Waals surface area contributed by atoms with E-state index < -0.39 is 11.8 Å². The number of rotatable bonds is 6. The molecule has 18 heavy (non-hydrogen) atoms. The Morgan fingerprint density at radius 1 is 1.33 bits per heavy atom. The van der Waals surface area contributed by atoms with Gasteiger partial charge in [-0.2, -0.15) is 0 Å². The maximum atomic E-state index is 12.9. The minimum Gasteiger partial charge on any atom is -0.327 e. The molecule has 1 saturated carbocycles. The van der Waals surface area contributed by atoms with Gasteiger partial charge in [-0.15, -0.1) is 0 Å². The molecule has 0 aromatic rings. The average Bonchev–Trinajstić information content (AvgIpc) is 2.24. The predicted molar refractivity (Wildman–Crippen MR) is 63.0 cm³/mol. The Kier molecular flexibility index (Phi) is 5.40. The quantitative estimate of drug-likeness (QED) is 0.728. The molecule has 0 aromatic carbocycles. The number of hydrogen-bond donors (Lipinski definition) is 2. The minimum absolute atomic E-state index is 0.0396. The fourth-order valence-electron chi connectivity index (χ4n) is 2.10. The second-order valence-corrected chi connectivity index (χ2v) is 5.41. The van der Waals surface area contributed by atoms with Crippen molar-refractivity contribution in [1.29, 1.82) is 0 Å². The van der Waals surface area contributed by atoms with Crippen LogP contribution in [0.15, 0.2) is 0 Å². The van der Waals surface area contributed by atoms with Crippen LogP contribution in [0.5, 0.6) is 0 Å². The normalized spacial score (nSPS) is 23.0. The zero-order valence-corrected chi connectivity index (χ0v) is 10.7. The van der Waals surface area contributed by atoms with Crippen LogP contribution in [0.2, 0.25) is 0 Å². The molecule has 0 bridgehead atoms. The second kappa shape index (κ2) is 6.19. The molecule has 0 radical (unpaired) electrons. The van der Waals surface area contributed by atoms with Crippen LogP contribution in [0, 0.1) is 0 Å². The molecule has 2 nitrogen and oxygen atoms in total. The highest BCUT2D eigenvalue weighted by Gasteiger charge is 2.34. The summed E-state index contributed by atoms with van der Waals surface area (Å²) in [6, 6.07) is -0.309. The Bertz CT molecular complexity index is 243. The molecule has 1 rings (SSSR count). The van der Waals surface area contributed by atoms with Crippen LogP contribution in [-0.4, -0.2) is 30.5 Å².